The van der Waals surface area contributed by atoms with Gasteiger partial charge in [0.1, 0.15) is 5.75 Å². The van der Waals surface area contributed by atoms with Gasteiger partial charge in [-0.25, -0.2) is 4.79 Å². The summed E-state index contributed by atoms with van der Waals surface area (Å²) in [6, 6.07) is 11.4. The lowest BCUT2D eigenvalue weighted by Gasteiger charge is -2.17. The Bertz CT molecular complexity index is 856. The Morgan fingerprint density at radius 2 is 2.00 bits per heavy atom. The molecule has 0 spiro atoms. The molecule has 2 aromatic carbocycles. The largest absolute Gasteiger partial charge is 0.435 e. The van der Waals surface area contributed by atoms with Gasteiger partial charge in [-0.3, -0.25) is 9.69 Å². The highest BCUT2D eigenvalue weighted by atomic mass is 19.3. The molecule has 1 saturated heterocycles. The number of aryl methyl sites for hydroxylation is 1. The van der Waals surface area contributed by atoms with Gasteiger partial charge in [-0.1, -0.05) is 12.1 Å². The number of anilines is 1. The van der Waals surface area contributed by atoms with E-state index in [0.29, 0.717) is 31.6 Å². The predicted octanol–water partition coefficient (Wildman–Crippen LogP) is 3.10. The van der Waals surface area contributed by atoms with Crippen molar-refractivity contribution >= 4 is 17.6 Å². The molecular weight excluding hydrogens is 368 g/mol. The van der Waals surface area contributed by atoms with Gasteiger partial charge in [-0.15, -0.1) is 0 Å². The maximum absolute atomic E-state index is 12.4. The first-order chi connectivity index (χ1) is 13.4. The quantitative estimate of drug-likeness (QED) is 0.765. The molecular formula is C20H21F2N3O3. The molecule has 0 unspecified atom stereocenters. The van der Waals surface area contributed by atoms with Gasteiger partial charge >= 0.3 is 12.6 Å². The van der Waals surface area contributed by atoms with Crippen LogP contribution in [-0.4, -0.2) is 38.2 Å². The van der Waals surface area contributed by atoms with Crippen LogP contribution in [0.3, 0.4) is 0 Å². The molecule has 1 fully saturated rings. The minimum atomic E-state index is -2.85. The van der Waals surface area contributed by atoms with Crippen molar-refractivity contribution < 1.29 is 23.1 Å². The first-order valence-corrected chi connectivity index (χ1v) is 8.92. The Labute approximate surface area is 161 Å². The molecule has 28 heavy (non-hydrogen) atoms. The molecule has 3 rings (SSSR count). The molecule has 3 amide bonds. The number of nitrogens with one attached hydrogen (secondary N) is 2. The second kappa shape index (κ2) is 8.69. The van der Waals surface area contributed by atoms with Gasteiger partial charge in [0.25, 0.3) is 5.91 Å². The fourth-order valence-corrected chi connectivity index (χ4v) is 3.06. The molecule has 2 aromatic rings. The number of nitrogens with zero attached hydrogens (tertiary/aromatic N) is 1. The Morgan fingerprint density at radius 3 is 2.61 bits per heavy atom. The van der Waals surface area contributed by atoms with Crippen molar-refractivity contribution in [3.05, 3.63) is 59.2 Å². The Hall–Kier alpha value is -3.16. The zero-order valence-electron chi connectivity index (χ0n) is 15.4. The van der Waals surface area contributed by atoms with Crippen molar-refractivity contribution in [3.63, 3.8) is 0 Å². The Morgan fingerprint density at radius 1 is 1.25 bits per heavy atom. The maximum atomic E-state index is 12.4. The number of benzene rings is 2. The Kier molecular flexibility index (Phi) is 6.08. The monoisotopic (exact) mass is 389 g/mol. The minimum Gasteiger partial charge on any atom is -0.435 e. The predicted molar refractivity (Wildman–Crippen MR) is 101 cm³/mol. The number of carbonyl (C=O) groups is 2. The van der Waals surface area contributed by atoms with Gasteiger partial charge in [0.05, 0.1) is 0 Å². The summed E-state index contributed by atoms with van der Waals surface area (Å²) in [7, 11) is 0. The van der Waals surface area contributed by atoms with Crippen LogP contribution in [0.25, 0.3) is 0 Å². The van der Waals surface area contributed by atoms with Gasteiger partial charge < -0.3 is 15.4 Å². The van der Waals surface area contributed by atoms with Crippen LogP contribution in [0.15, 0.2) is 42.5 Å². The number of halogens is 2. The van der Waals surface area contributed by atoms with E-state index >= 15 is 0 Å². The van der Waals surface area contributed by atoms with Crippen molar-refractivity contribution in [2.24, 2.45) is 0 Å². The van der Waals surface area contributed by atoms with Crippen LogP contribution in [-0.2, 0) is 6.42 Å². The highest BCUT2D eigenvalue weighted by molar-refractivity contribution is 5.97. The number of amides is 3. The third kappa shape index (κ3) is 4.76. The lowest BCUT2D eigenvalue weighted by atomic mass is 10.1. The second-order valence-corrected chi connectivity index (χ2v) is 6.41. The molecule has 148 valence electrons. The fraction of sp³-hybridized carbons (Fsp3) is 0.300. The van der Waals surface area contributed by atoms with E-state index in [1.165, 1.54) is 12.1 Å². The SMILES string of the molecule is Cc1cc(C(=O)NCCc2ccc(OC(F)F)cc2)ccc1N1CCNC1=O. The first kappa shape index (κ1) is 19.6. The van der Waals surface area contributed by atoms with E-state index in [9.17, 15) is 18.4 Å². The number of ether oxygens (including phenoxy) is 1. The molecule has 0 radical (unpaired) electrons. The number of carbonyl (C=O) groups excluding carboxylic acids is 2. The third-order valence-corrected chi connectivity index (χ3v) is 4.45. The van der Waals surface area contributed by atoms with Crippen LogP contribution in [0.5, 0.6) is 5.75 Å². The standard InChI is InChI=1S/C20H21F2N3O3/c1-13-12-15(4-7-17(13)25-11-10-24-20(25)27)18(26)23-9-8-14-2-5-16(6-3-14)28-19(21)22/h2-7,12,19H,8-11H2,1H3,(H,23,26)(H,24,27). The number of urea groups is 1. The van der Waals surface area contributed by atoms with E-state index in [0.717, 1.165) is 16.8 Å². The summed E-state index contributed by atoms with van der Waals surface area (Å²) in [5, 5.41) is 5.59. The summed E-state index contributed by atoms with van der Waals surface area (Å²) in [6.45, 7) is 0.631. The van der Waals surface area contributed by atoms with E-state index in [1.54, 1.807) is 35.2 Å². The smallest absolute Gasteiger partial charge is 0.387 e. The van der Waals surface area contributed by atoms with Crippen molar-refractivity contribution in [1.29, 1.82) is 0 Å². The summed E-state index contributed by atoms with van der Waals surface area (Å²) in [6.07, 6.45) is 0.561. The third-order valence-electron chi connectivity index (χ3n) is 4.45. The van der Waals surface area contributed by atoms with Crippen LogP contribution in [0.2, 0.25) is 0 Å². The van der Waals surface area contributed by atoms with Gasteiger partial charge in [-0.2, -0.15) is 8.78 Å². The van der Waals surface area contributed by atoms with E-state index in [-0.39, 0.29) is 17.7 Å². The summed E-state index contributed by atoms with van der Waals surface area (Å²) in [5.74, 6) is -0.108. The first-order valence-electron chi connectivity index (χ1n) is 8.92. The van der Waals surface area contributed by atoms with Crippen molar-refractivity contribution in [2.75, 3.05) is 24.5 Å². The highest BCUT2D eigenvalue weighted by Gasteiger charge is 2.22. The topological polar surface area (TPSA) is 70.7 Å². The van der Waals surface area contributed by atoms with Crippen molar-refractivity contribution in [3.8, 4) is 5.75 Å². The van der Waals surface area contributed by atoms with Crippen LogP contribution < -0.4 is 20.3 Å². The maximum Gasteiger partial charge on any atom is 0.387 e. The molecule has 2 N–H and O–H groups in total. The van der Waals surface area contributed by atoms with Crippen LogP contribution in [0, 0.1) is 6.92 Å². The van der Waals surface area contributed by atoms with E-state index in [1.807, 2.05) is 6.92 Å². The molecule has 0 aromatic heterocycles. The molecule has 1 aliphatic rings. The summed E-state index contributed by atoms with van der Waals surface area (Å²) >= 11 is 0. The van der Waals surface area contributed by atoms with Crippen LogP contribution in [0.4, 0.5) is 19.3 Å². The molecule has 0 atom stereocenters. The van der Waals surface area contributed by atoms with Gasteiger partial charge in [0.2, 0.25) is 0 Å². The molecule has 0 bridgehead atoms. The highest BCUT2D eigenvalue weighted by Crippen LogP contribution is 2.23. The lowest BCUT2D eigenvalue weighted by molar-refractivity contribution is -0.0498. The summed E-state index contributed by atoms with van der Waals surface area (Å²) < 4.78 is 28.6. The summed E-state index contributed by atoms with van der Waals surface area (Å²) in [4.78, 5) is 25.8. The second-order valence-electron chi connectivity index (χ2n) is 6.41. The normalized spacial score (nSPS) is 13.6. The van der Waals surface area contributed by atoms with Crippen LogP contribution >= 0.6 is 0 Å². The molecule has 1 heterocycles. The fourth-order valence-electron chi connectivity index (χ4n) is 3.06. The molecule has 0 aliphatic carbocycles. The van der Waals surface area contributed by atoms with Crippen molar-refractivity contribution in [1.82, 2.24) is 10.6 Å². The van der Waals surface area contributed by atoms with Gasteiger partial charge in [-0.05, 0) is 54.8 Å². The van der Waals surface area contributed by atoms with Crippen molar-refractivity contribution in [2.45, 2.75) is 20.0 Å². The average molecular weight is 389 g/mol. The van der Waals surface area contributed by atoms with E-state index in [4.69, 9.17) is 0 Å². The van der Waals surface area contributed by atoms with Gasteiger partial charge in [0.15, 0.2) is 0 Å². The zero-order valence-corrected chi connectivity index (χ0v) is 15.4. The Balaban J connectivity index is 1.53. The zero-order chi connectivity index (χ0) is 20.1. The number of hydrogen-bond donors (Lipinski definition) is 2. The minimum absolute atomic E-state index is 0.102. The molecule has 0 saturated carbocycles. The molecule has 1 aliphatic heterocycles. The van der Waals surface area contributed by atoms with Crippen LogP contribution in [0.1, 0.15) is 21.5 Å². The number of alkyl halides is 2. The van der Waals surface area contributed by atoms with Gasteiger partial charge in [0, 0.05) is 30.9 Å². The molecule has 6 nitrogen and oxygen atoms in total. The number of hydrogen-bond acceptors (Lipinski definition) is 3. The lowest BCUT2D eigenvalue weighted by Crippen LogP contribution is -2.29. The molecule has 8 heteroatoms. The summed E-state index contributed by atoms with van der Waals surface area (Å²) in [5.41, 5.74) is 3.05. The average Bonchev–Trinajstić information content (AvgIpc) is 3.08. The number of rotatable bonds is 7. The van der Waals surface area contributed by atoms with E-state index in [2.05, 4.69) is 15.4 Å². The van der Waals surface area contributed by atoms with E-state index < -0.39 is 6.61 Å².